The van der Waals surface area contributed by atoms with Crippen LogP contribution in [0.5, 0.6) is 17.2 Å². The molecule has 4 heteroatoms. The van der Waals surface area contributed by atoms with Gasteiger partial charge in [0.15, 0.2) is 0 Å². The minimum atomic E-state index is 0.763. The average molecular weight is 297 g/mol. The van der Waals surface area contributed by atoms with Crippen LogP contribution in [0, 0.1) is 0 Å². The topological polar surface area (TPSA) is 27.7 Å². The summed E-state index contributed by atoms with van der Waals surface area (Å²) in [6, 6.07) is 7.58. The third-order valence-electron chi connectivity index (χ3n) is 2.65. The molecule has 0 bridgehead atoms. The van der Waals surface area contributed by atoms with E-state index in [1.807, 2.05) is 24.3 Å². The fourth-order valence-corrected chi connectivity index (χ4v) is 2.40. The quantitative estimate of drug-likeness (QED) is 0.866. The lowest BCUT2D eigenvalue weighted by molar-refractivity contribution is 0.400. The number of ether oxygens (including phenoxy) is 3. The molecule has 0 spiro atoms. The van der Waals surface area contributed by atoms with E-state index >= 15 is 0 Å². The second-order valence-corrected chi connectivity index (χ2v) is 4.32. The fourth-order valence-electron chi connectivity index (χ4n) is 1.87. The lowest BCUT2D eigenvalue weighted by atomic mass is 10.1. The van der Waals surface area contributed by atoms with Gasteiger partial charge < -0.3 is 14.2 Å². The largest absolute Gasteiger partial charge is 0.496 e. The van der Waals surface area contributed by atoms with Crippen LogP contribution >= 0.6 is 15.9 Å². The first-order chi connectivity index (χ1) is 8.22. The van der Waals surface area contributed by atoms with E-state index in [0.717, 1.165) is 32.5 Å². The Balaban J connectivity index is 2.93. The van der Waals surface area contributed by atoms with E-state index in [9.17, 15) is 0 Å². The highest BCUT2D eigenvalue weighted by atomic mass is 79.9. The van der Waals surface area contributed by atoms with Gasteiger partial charge in [0.25, 0.3) is 0 Å². The number of methoxy groups -OCH3 is 3. The Morgan fingerprint density at radius 1 is 0.706 bits per heavy atom. The summed E-state index contributed by atoms with van der Waals surface area (Å²) in [5.74, 6) is 2.31. The molecule has 0 atom stereocenters. The third kappa shape index (κ3) is 1.93. The number of hydrogen-bond donors (Lipinski definition) is 0. The SMILES string of the molecule is COc1ccc(OC)c2c(OC)ccc(Br)c12. The number of halogens is 1. The monoisotopic (exact) mass is 296 g/mol. The van der Waals surface area contributed by atoms with Crippen LogP contribution < -0.4 is 14.2 Å². The predicted molar refractivity (Wildman–Crippen MR) is 71.3 cm³/mol. The minimum absolute atomic E-state index is 0.763. The van der Waals surface area contributed by atoms with Gasteiger partial charge in [0, 0.05) is 9.86 Å². The molecular weight excluding hydrogens is 284 g/mol. The zero-order valence-corrected chi connectivity index (χ0v) is 11.5. The molecule has 0 amide bonds. The van der Waals surface area contributed by atoms with E-state index < -0.39 is 0 Å². The second-order valence-electron chi connectivity index (χ2n) is 3.47. The van der Waals surface area contributed by atoms with Crippen molar-refractivity contribution in [2.75, 3.05) is 21.3 Å². The molecule has 0 saturated carbocycles. The summed E-state index contributed by atoms with van der Waals surface area (Å²) < 4.78 is 17.1. The summed E-state index contributed by atoms with van der Waals surface area (Å²) in [5, 5.41) is 1.86. The van der Waals surface area contributed by atoms with Gasteiger partial charge in [-0.25, -0.2) is 0 Å². The number of hydrogen-bond acceptors (Lipinski definition) is 3. The molecule has 0 fully saturated rings. The average Bonchev–Trinajstić information content (AvgIpc) is 2.38. The van der Waals surface area contributed by atoms with Crippen molar-refractivity contribution in [2.45, 2.75) is 0 Å². The Kier molecular flexibility index (Phi) is 3.43. The van der Waals surface area contributed by atoms with Crippen LogP contribution in [0.4, 0.5) is 0 Å². The summed E-state index contributed by atoms with van der Waals surface area (Å²) in [4.78, 5) is 0. The van der Waals surface area contributed by atoms with Gasteiger partial charge in [0.05, 0.1) is 26.7 Å². The maximum atomic E-state index is 5.37. The van der Waals surface area contributed by atoms with Gasteiger partial charge in [-0.3, -0.25) is 0 Å². The van der Waals surface area contributed by atoms with Crippen molar-refractivity contribution in [3.63, 3.8) is 0 Å². The lowest BCUT2D eigenvalue weighted by Crippen LogP contribution is -1.93. The van der Waals surface area contributed by atoms with E-state index in [-0.39, 0.29) is 0 Å². The van der Waals surface area contributed by atoms with Crippen molar-refractivity contribution >= 4 is 26.7 Å². The normalized spacial score (nSPS) is 10.4. The molecule has 0 aliphatic heterocycles. The van der Waals surface area contributed by atoms with Crippen molar-refractivity contribution in [1.29, 1.82) is 0 Å². The third-order valence-corrected chi connectivity index (χ3v) is 3.32. The van der Waals surface area contributed by atoms with Crippen LogP contribution in [0.1, 0.15) is 0 Å². The highest BCUT2D eigenvalue weighted by Gasteiger charge is 2.14. The van der Waals surface area contributed by atoms with E-state index in [1.165, 1.54) is 0 Å². The molecule has 2 aromatic rings. The van der Waals surface area contributed by atoms with Crippen molar-refractivity contribution in [3.8, 4) is 17.2 Å². The predicted octanol–water partition coefficient (Wildman–Crippen LogP) is 3.63. The summed E-state index contributed by atoms with van der Waals surface area (Å²) in [6.45, 7) is 0. The molecule has 0 saturated heterocycles. The first kappa shape index (κ1) is 12.0. The molecule has 2 aromatic carbocycles. The molecule has 17 heavy (non-hydrogen) atoms. The first-order valence-corrected chi connectivity index (χ1v) is 5.89. The van der Waals surface area contributed by atoms with Crippen LogP contribution in [0.25, 0.3) is 10.8 Å². The van der Waals surface area contributed by atoms with E-state index in [4.69, 9.17) is 14.2 Å². The van der Waals surface area contributed by atoms with Crippen LogP contribution in [-0.4, -0.2) is 21.3 Å². The van der Waals surface area contributed by atoms with Gasteiger partial charge in [-0.05, 0) is 24.3 Å². The van der Waals surface area contributed by atoms with Crippen LogP contribution in [0.15, 0.2) is 28.7 Å². The summed E-state index contributed by atoms with van der Waals surface area (Å²) in [5.41, 5.74) is 0. The highest BCUT2D eigenvalue weighted by Crippen LogP contribution is 2.42. The molecule has 0 radical (unpaired) electrons. The zero-order chi connectivity index (χ0) is 12.4. The van der Waals surface area contributed by atoms with Gasteiger partial charge in [-0.2, -0.15) is 0 Å². The van der Waals surface area contributed by atoms with Crippen LogP contribution in [0.3, 0.4) is 0 Å². The molecule has 0 N–H and O–H groups in total. The van der Waals surface area contributed by atoms with E-state index in [1.54, 1.807) is 21.3 Å². The molecule has 0 unspecified atom stereocenters. The molecule has 0 aliphatic carbocycles. The summed E-state index contributed by atoms with van der Waals surface area (Å²) in [6.07, 6.45) is 0. The Bertz CT molecular complexity index is 542. The van der Waals surface area contributed by atoms with Gasteiger partial charge >= 0.3 is 0 Å². The lowest BCUT2D eigenvalue weighted by Gasteiger charge is -2.14. The summed E-state index contributed by atoms with van der Waals surface area (Å²) >= 11 is 3.52. The Hall–Kier alpha value is -1.42. The number of fused-ring (bicyclic) bond motifs is 1. The van der Waals surface area contributed by atoms with Gasteiger partial charge in [-0.1, -0.05) is 15.9 Å². The molecule has 2 rings (SSSR count). The Labute approximate surface area is 108 Å². The second kappa shape index (κ2) is 4.84. The van der Waals surface area contributed by atoms with E-state index in [0.29, 0.717) is 0 Å². The van der Waals surface area contributed by atoms with Crippen molar-refractivity contribution in [3.05, 3.63) is 28.7 Å². The van der Waals surface area contributed by atoms with Gasteiger partial charge in [0.2, 0.25) is 0 Å². The van der Waals surface area contributed by atoms with Gasteiger partial charge in [-0.15, -0.1) is 0 Å². The summed E-state index contributed by atoms with van der Waals surface area (Å²) in [7, 11) is 4.93. The minimum Gasteiger partial charge on any atom is -0.496 e. The molecule has 0 aromatic heterocycles. The maximum absolute atomic E-state index is 5.37. The maximum Gasteiger partial charge on any atom is 0.130 e. The first-order valence-electron chi connectivity index (χ1n) is 5.10. The molecule has 90 valence electrons. The molecule has 0 heterocycles. The van der Waals surface area contributed by atoms with E-state index in [2.05, 4.69) is 15.9 Å². The Morgan fingerprint density at radius 2 is 1.12 bits per heavy atom. The van der Waals surface area contributed by atoms with Crippen LogP contribution in [0.2, 0.25) is 0 Å². The molecule has 3 nitrogen and oxygen atoms in total. The number of rotatable bonds is 3. The smallest absolute Gasteiger partial charge is 0.130 e. The van der Waals surface area contributed by atoms with Crippen molar-refractivity contribution in [2.24, 2.45) is 0 Å². The van der Waals surface area contributed by atoms with Gasteiger partial charge in [0.1, 0.15) is 17.2 Å². The zero-order valence-electron chi connectivity index (χ0n) is 9.91. The van der Waals surface area contributed by atoms with Crippen LogP contribution in [-0.2, 0) is 0 Å². The fraction of sp³-hybridized carbons (Fsp3) is 0.231. The van der Waals surface area contributed by atoms with Crippen molar-refractivity contribution in [1.82, 2.24) is 0 Å². The standard InChI is InChI=1S/C13H13BrO3/c1-15-9-6-7-11(17-3)13-10(16-2)5-4-8(14)12(9)13/h4-7H,1-3H3. The number of benzene rings is 2. The Morgan fingerprint density at radius 3 is 1.59 bits per heavy atom. The molecular formula is C13H13BrO3. The van der Waals surface area contributed by atoms with Crippen molar-refractivity contribution < 1.29 is 14.2 Å². The molecule has 0 aliphatic rings. The highest BCUT2D eigenvalue weighted by molar-refractivity contribution is 9.10.